The maximum absolute atomic E-state index is 8.70. The van der Waals surface area contributed by atoms with E-state index in [1.807, 2.05) is 24.3 Å². The third-order valence-electron chi connectivity index (χ3n) is 1.39. The van der Waals surface area contributed by atoms with Crippen LogP contribution in [0.5, 0.6) is 0 Å². The van der Waals surface area contributed by atoms with Crippen LogP contribution in [0.4, 0.5) is 0 Å². The van der Waals surface area contributed by atoms with E-state index in [0.29, 0.717) is 0 Å². The van der Waals surface area contributed by atoms with Gasteiger partial charge in [0.05, 0.1) is 11.6 Å². The van der Waals surface area contributed by atoms with Gasteiger partial charge in [-0.3, -0.25) is 0 Å². The first-order valence-corrected chi connectivity index (χ1v) is 5.02. The van der Waals surface area contributed by atoms with Crippen LogP contribution >= 0.6 is 11.8 Å². The van der Waals surface area contributed by atoms with Gasteiger partial charge in [0, 0.05) is 9.64 Å². The number of hydrogen-bond acceptors (Lipinski definition) is 2. The minimum absolute atomic E-state index is 0.202. The summed E-state index contributed by atoms with van der Waals surface area (Å²) in [6.07, 6.45) is 0. The first-order chi connectivity index (χ1) is 6.01. The van der Waals surface area contributed by atoms with E-state index in [1.54, 1.807) is 11.8 Å². The van der Waals surface area contributed by atoms with E-state index in [4.69, 9.17) is 5.26 Å². The second-order valence-electron chi connectivity index (χ2n) is 3.85. The highest BCUT2D eigenvalue weighted by molar-refractivity contribution is 8.00. The van der Waals surface area contributed by atoms with Gasteiger partial charge in [-0.15, -0.1) is 11.8 Å². The summed E-state index contributed by atoms with van der Waals surface area (Å²) in [5, 5.41) is 8.70. The third-order valence-corrected chi connectivity index (χ3v) is 2.49. The Balaban J connectivity index is 2.86. The Morgan fingerprint density at radius 3 is 2.54 bits per heavy atom. The molecule has 0 bridgehead atoms. The first-order valence-electron chi connectivity index (χ1n) is 4.20. The quantitative estimate of drug-likeness (QED) is 0.635. The predicted octanol–water partition coefficient (Wildman–Crippen LogP) is 3.45. The van der Waals surface area contributed by atoms with Crippen molar-refractivity contribution in [3.63, 3.8) is 0 Å². The molecule has 0 aliphatic heterocycles. The topological polar surface area (TPSA) is 23.8 Å². The van der Waals surface area contributed by atoms with Crippen molar-refractivity contribution in [2.24, 2.45) is 0 Å². The highest BCUT2D eigenvalue weighted by Crippen LogP contribution is 2.31. The Labute approximate surface area is 83.8 Å². The van der Waals surface area contributed by atoms with Crippen molar-refractivity contribution in [1.29, 1.82) is 5.26 Å². The van der Waals surface area contributed by atoms with E-state index in [-0.39, 0.29) is 4.75 Å². The fraction of sp³-hybridized carbons (Fsp3) is 0.364. The van der Waals surface area contributed by atoms with Crippen LogP contribution < -0.4 is 0 Å². The third kappa shape index (κ3) is 3.52. The van der Waals surface area contributed by atoms with E-state index in [0.717, 1.165) is 10.5 Å². The molecule has 0 fully saturated rings. The molecule has 1 aromatic carbocycles. The molecule has 0 heterocycles. The lowest BCUT2D eigenvalue weighted by molar-refractivity contribution is 0.803. The lowest BCUT2D eigenvalue weighted by Crippen LogP contribution is -2.06. The average molecular weight is 191 g/mol. The van der Waals surface area contributed by atoms with Crippen LogP contribution in [0.1, 0.15) is 26.3 Å². The Morgan fingerprint density at radius 1 is 1.31 bits per heavy atom. The van der Waals surface area contributed by atoms with Crippen molar-refractivity contribution in [2.75, 3.05) is 0 Å². The number of nitriles is 1. The molecule has 0 aromatic heterocycles. The number of benzene rings is 1. The van der Waals surface area contributed by atoms with Crippen molar-refractivity contribution in [1.82, 2.24) is 0 Å². The lowest BCUT2D eigenvalue weighted by Gasteiger charge is -2.17. The van der Waals surface area contributed by atoms with Crippen LogP contribution in [0.25, 0.3) is 0 Å². The molecule has 0 aliphatic rings. The molecule has 0 spiro atoms. The molecule has 0 saturated carbocycles. The van der Waals surface area contributed by atoms with Crippen LogP contribution in [0.2, 0.25) is 0 Å². The number of thioether (sulfide) groups is 1. The molecular weight excluding hydrogens is 178 g/mol. The molecule has 0 atom stereocenters. The van der Waals surface area contributed by atoms with Crippen molar-refractivity contribution < 1.29 is 0 Å². The summed E-state index contributed by atoms with van der Waals surface area (Å²) < 4.78 is 0.202. The van der Waals surface area contributed by atoms with Gasteiger partial charge in [-0.25, -0.2) is 0 Å². The number of rotatable bonds is 1. The van der Waals surface area contributed by atoms with Gasteiger partial charge < -0.3 is 0 Å². The number of hydrogen-bond donors (Lipinski definition) is 0. The second-order valence-corrected chi connectivity index (χ2v) is 5.75. The fourth-order valence-corrected chi connectivity index (χ4v) is 2.02. The summed E-state index contributed by atoms with van der Waals surface area (Å²) in [5.74, 6) is 0. The predicted molar refractivity (Wildman–Crippen MR) is 56.8 cm³/mol. The van der Waals surface area contributed by atoms with Gasteiger partial charge >= 0.3 is 0 Å². The van der Waals surface area contributed by atoms with Crippen LogP contribution in [-0.2, 0) is 0 Å². The molecule has 0 aliphatic carbocycles. The first kappa shape index (κ1) is 10.1. The molecule has 13 heavy (non-hydrogen) atoms. The SMILES string of the molecule is CC(C)(C)Sc1cccc(C#N)c1. The molecular formula is C11H13NS. The van der Waals surface area contributed by atoms with Crippen LogP contribution in [0.3, 0.4) is 0 Å². The van der Waals surface area contributed by atoms with Gasteiger partial charge in [-0.1, -0.05) is 26.8 Å². The zero-order chi connectivity index (χ0) is 9.90. The van der Waals surface area contributed by atoms with Crippen LogP contribution in [0.15, 0.2) is 29.2 Å². The van der Waals surface area contributed by atoms with Crippen molar-refractivity contribution in [3.05, 3.63) is 29.8 Å². The van der Waals surface area contributed by atoms with Gasteiger partial charge in [0.2, 0.25) is 0 Å². The summed E-state index contributed by atoms with van der Waals surface area (Å²) >= 11 is 1.78. The fourth-order valence-electron chi connectivity index (χ4n) is 0.983. The molecule has 1 rings (SSSR count). The van der Waals surface area contributed by atoms with Gasteiger partial charge in [-0.2, -0.15) is 5.26 Å². The maximum Gasteiger partial charge on any atom is 0.0992 e. The van der Waals surface area contributed by atoms with Crippen LogP contribution in [0, 0.1) is 11.3 Å². The average Bonchev–Trinajstić information content (AvgIpc) is 2.01. The molecule has 0 radical (unpaired) electrons. The molecule has 0 saturated heterocycles. The minimum Gasteiger partial charge on any atom is -0.192 e. The Hall–Kier alpha value is -0.940. The van der Waals surface area contributed by atoms with Crippen molar-refractivity contribution in [3.8, 4) is 6.07 Å². The summed E-state index contributed by atoms with van der Waals surface area (Å²) in [7, 11) is 0. The second kappa shape index (κ2) is 3.85. The zero-order valence-corrected chi connectivity index (χ0v) is 8.98. The summed E-state index contributed by atoms with van der Waals surface area (Å²) in [5.41, 5.74) is 0.731. The van der Waals surface area contributed by atoms with Gasteiger partial charge in [0.25, 0.3) is 0 Å². The standard InChI is InChI=1S/C11H13NS/c1-11(2,3)13-10-6-4-5-9(7-10)8-12/h4-7H,1-3H3. The van der Waals surface area contributed by atoms with Crippen LogP contribution in [-0.4, -0.2) is 4.75 Å². The summed E-state index contributed by atoms with van der Waals surface area (Å²) in [4.78, 5) is 1.16. The van der Waals surface area contributed by atoms with E-state index in [2.05, 4.69) is 26.8 Å². The van der Waals surface area contributed by atoms with Crippen molar-refractivity contribution in [2.45, 2.75) is 30.4 Å². The molecule has 1 nitrogen and oxygen atoms in total. The molecule has 0 N–H and O–H groups in total. The monoisotopic (exact) mass is 191 g/mol. The lowest BCUT2D eigenvalue weighted by atomic mass is 10.2. The van der Waals surface area contributed by atoms with E-state index < -0.39 is 0 Å². The number of nitrogens with zero attached hydrogens (tertiary/aromatic N) is 1. The van der Waals surface area contributed by atoms with E-state index >= 15 is 0 Å². The van der Waals surface area contributed by atoms with E-state index in [9.17, 15) is 0 Å². The molecule has 0 unspecified atom stereocenters. The summed E-state index contributed by atoms with van der Waals surface area (Å²) in [6, 6.07) is 9.85. The Bertz CT molecular complexity index is 331. The molecule has 68 valence electrons. The zero-order valence-electron chi connectivity index (χ0n) is 8.16. The highest BCUT2D eigenvalue weighted by Gasteiger charge is 2.11. The van der Waals surface area contributed by atoms with Gasteiger partial charge in [0.1, 0.15) is 0 Å². The summed E-state index contributed by atoms with van der Waals surface area (Å²) in [6.45, 7) is 6.49. The Kier molecular flexibility index (Phi) is 3.00. The highest BCUT2D eigenvalue weighted by atomic mass is 32.2. The Morgan fingerprint density at radius 2 is 2.00 bits per heavy atom. The molecule has 2 heteroatoms. The van der Waals surface area contributed by atoms with Gasteiger partial charge in [0.15, 0.2) is 0 Å². The maximum atomic E-state index is 8.70. The molecule has 1 aromatic rings. The molecule has 0 amide bonds. The smallest absolute Gasteiger partial charge is 0.0992 e. The van der Waals surface area contributed by atoms with Crippen molar-refractivity contribution >= 4 is 11.8 Å². The normalized spacial score (nSPS) is 10.9. The van der Waals surface area contributed by atoms with E-state index in [1.165, 1.54) is 0 Å². The minimum atomic E-state index is 0.202. The largest absolute Gasteiger partial charge is 0.192 e. The van der Waals surface area contributed by atoms with Gasteiger partial charge in [-0.05, 0) is 18.2 Å².